The van der Waals surface area contributed by atoms with Crippen molar-refractivity contribution in [1.29, 1.82) is 5.26 Å². The molecule has 0 radical (unpaired) electrons. The molecular formula is C22H23N3O2. The molecule has 0 saturated heterocycles. The third-order valence-corrected chi connectivity index (χ3v) is 4.86. The molecule has 2 aromatic rings. The number of nitriles is 1. The van der Waals surface area contributed by atoms with Crippen molar-refractivity contribution in [2.45, 2.75) is 38.6 Å². The number of nitrogens with zero attached hydrogens (tertiary/aromatic N) is 1. The molecule has 5 heteroatoms. The van der Waals surface area contributed by atoms with Gasteiger partial charge in [0, 0.05) is 6.20 Å². The van der Waals surface area contributed by atoms with Gasteiger partial charge in [-0.05, 0) is 61.4 Å². The van der Waals surface area contributed by atoms with Gasteiger partial charge in [-0.2, -0.15) is 5.26 Å². The number of benzene rings is 2. The Morgan fingerprint density at radius 2 is 1.93 bits per heavy atom. The summed E-state index contributed by atoms with van der Waals surface area (Å²) in [5, 5.41) is 24.7. The quantitative estimate of drug-likeness (QED) is 0.427. The highest BCUT2D eigenvalue weighted by Gasteiger charge is 2.16. The van der Waals surface area contributed by atoms with E-state index < -0.39 is 5.91 Å². The molecule has 0 spiro atoms. The van der Waals surface area contributed by atoms with Crippen LogP contribution >= 0.6 is 0 Å². The fraction of sp³-hybridized carbons (Fsp3) is 0.273. The van der Waals surface area contributed by atoms with Crippen molar-refractivity contribution < 1.29 is 9.90 Å². The van der Waals surface area contributed by atoms with Gasteiger partial charge in [0.15, 0.2) is 0 Å². The Morgan fingerprint density at radius 1 is 1.19 bits per heavy atom. The predicted octanol–water partition coefficient (Wildman–Crippen LogP) is 3.97. The number of phenolic OH excluding ortho intramolecular Hbond substituents is 1. The third kappa shape index (κ3) is 4.48. The molecule has 1 atom stereocenters. The fourth-order valence-corrected chi connectivity index (χ4v) is 3.27. The summed E-state index contributed by atoms with van der Waals surface area (Å²) in [6, 6.07) is 14.7. The van der Waals surface area contributed by atoms with E-state index in [2.05, 4.69) is 22.8 Å². The predicted molar refractivity (Wildman–Crippen MR) is 105 cm³/mol. The second-order valence-electron chi connectivity index (χ2n) is 6.76. The number of para-hydroxylation sites is 2. The van der Waals surface area contributed by atoms with Crippen LogP contribution in [0.1, 0.15) is 42.5 Å². The van der Waals surface area contributed by atoms with Gasteiger partial charge in [-0.1, -0.05) is 30.3 Å². The average Bonchev–Trinajstić information content (AvgIpc) is 2.69. The summed E-state index contributed by atoms with van der Waals surface area (Å²) < 4.78 is 0. The lowest BCUT2D eigenvalue weighted by atomic mass is 9.89. The second-order valence-corrected chi connectivity index (χ2v) is 6.76. The molecule has 1 aliphatic rings. The summed E-state index contributed by atoms with van der Waals surface area (Å²) in [7, 11) is 0. The lowest BCUT2D eigenvalue weighted by Crippen LogP contribution is -2.28. The molecule has 2 aromatic carbocycles. The van der Waals surface area contributed by atoms with Gasteiger partial charge in [0.1, 0.15) is 17.4 Å². The van der Waals surface area contributed by atoms with Crippen molar-refractivity contribution in [3.63, 3.8) is 0 Å². The summed E-state index contributed by atoms with van der Waals surface area (Å²) in [6.45, 7) is 1.91. The van der Waals surface area contributed by atoms with Crippen molar-refractivity contribution in [2.24, 2.45) is 0 Å². The van der Waals surface area contributed by atoms with Crippen LogP contribution in [0.2, 0.25) is 0 Å². The number of nitrogens with one attached hydrogen (secondary N) is 2. The van der Waals surface area contributed by atoms with Gasteiger partial charge in [-0.25, -0.2) is 0 Å². The Hall–Kier alpha value is -3.26. The molecule has 0 fully saturated rings. The van der Waals surface area contributed by atoms with Gasteiger partial charge in [0.25, 0.3) is 5.91 Å². The topological polar surface area (TPSA) is 85.2 Å². The van der Waals surface area contributed by atoms with E-state index >= 15 is 0 Å². The van der Waals surface area contributed by atoms with Crippen LogP contribution in [-0.2, 0) is 17.6 Å². The summed E-state index contributed by atoms with van der Waals surface area (Å²) >= 11 is 0. The number of fused-ring (bicyclic) bond motifs is 1. The summed E-state index contributed by atoms with van der Waals surface area (Å²) in [6.07, 6.45) is 5.95. The number of anilines is 1. The molecule has 3 rings (SSSR count). The molecule has 0 aromatic heterocycles. The Labute approximate surface area is 159 Å². The van der Waals surface area contributed by atoms with E-state index in [9.17, 15) is 15.2 Å². The first kappa shape index (κ1) is 18.5. The van der Waals surface area contributed by atoms with Crippen molar-refractivity contribution in [1.82, 2.24) is 5.32 Å². The number of carbonyl (C=O) groups excluding carboxylic acids is 1. The van der Waals surface area contributed by atoms with Crippen LogP contribution in [0.15, 0.2) is 54.2 Å². The smallest absolute Gasteiger partial charge is 0.263 e. The van der Waals surface area contributed by atoms with Gasteiger partial charge in [0.2, 0.25) is 0 Å². The summed E-state index contributed by atoms with van der Waals surface area (Å²) in [4.78, 5) is 12.4. The van der Waals surface area contributed by atoms with Crippen LogP contribution in [0.5, 0.6) is 5.75 Å². The van der Waals surface area contributed by atoms with E-state index in [0.717, 1.165) is 18.4 Å². The van der Waals surface area contributed by atoms with Crippen LogP contribution in [0, 0.1) is 11.3 Å². The molecule has 0 bridgehead atoms. The Kier molecular flexibility index (Phi) is 5.77. The molecule has 1 amide bonds. The molecule has 0 aliphatic heterocycles. The Morgan fingerprint density at radius 3 is 2.67 bits per heavy atom. The largest absolute Gasteiger partial charge is 0.506 e. The number of phenols is 1. The van der Waals surface area contributed by atoms with Crippen molar-refractivity contribution >= 4 is 11.6 Å². The maximum Gasteiger partial charge on any atom is 0.263 e. The van der Waals surface area contributed by atoms with E-state index in [0.29, 0.717) is 5.69 Å². The zero-order valence-electron chi connectivity index (χ0n) is 15.3. The van der Waals surface area contributed by atoms with E-state index in [1.54, 1.807) is 18.2 Å². The van der Waals surface area contributed by atoms with E-state index in [1.807, 2.05) is 19.1 Å². The second kappa shape index (κ2) is 8.41. The fourth-order valence-electron chi connectivity index (χ4n) is 3.27. The van der Waals surface area contributed by atoms with Gasteiger partial charge < -0.3 is 15.7 Å². The molecule has 0 saturated carbocycles. The standard InChI is InChI=1S/C22H23N3O2/c1-15(17-11-10-16-6-2-3-7-18(16)12-17)25-22(27)19(13-23)14-24-20-8-4-5-9-21(20)26/h4-5,8-12,14-15,24,26H,2-3,6-7H2,1H3,(H,25,27)/b19-14-. The molecule has 3 N–H and O–H groups in total. The lowest BCUT2D eigenvalue weighted by molar-refractivity contribution is -0.117. The number of aryl methyl sites for hydroxylation is 2. The first-order valence-corrected chi connectivity index (χ1v) is 9.16. The van der Waals surface area contributed by atoms with Crippen molar-refractivity contribution in [3.8, 4) is 11.8 Å². The highest BCUT2D eigenvalue weighted by molar-refractivity contribution is 5.97. The molecule has 0 heterocycles. The minimum absolute atomic E-state index is 0.0499. The zero-order chi connectivity index (χ0) is 19.2. The van der Waals surface area contributed by atoms with Crippen molar-refractivity contribution in [2.75, 3.05) is 5.32 Å². The highest BCUT2D eigenvalue weighted by Crippen LogP contribution is 2.25. The van der Waals surface area contributed by atoms with Crippen LogP contribution in [0.25, 0.3) is 0 Å². The van der Waals surface area contributed by atoms with Crippen LogP contribution in [0.3, 0.4) is 0 Å². The van der Waals surface area contributed by atoms with Gasteiger partial charge in [0.05, 0.1) is 11.7 Å². The molecule has 27 heavy (non-hydrogen) atoms. The first-order valence-electron chi connectivity index (χ1n) is 9.16. The monoisotopic (exact) mass is 361 g/mol. The van der Waals surface area contributed by atoms with E-state index in [4.69, 9.17) is 0 Å². The molecule has 1 aliphatic carbocycles. The number of carbonyl (C=O) groups is 1. The number of rotatable bonds is 5. The number of hydrogen-bond acceptors (Lipinski definition) is 4. The SMILES string of the molecule is CC(NC(=O)/C(C#N)=C\Nc1ccccc1O)c1ccc2c(c1)CCCC2. The third-order valence-electron chi connectivity index (χ3n) is 4.86. The summed E-state index contributed by atoms with van der Waals surface area (Å²) in [5.74, 6) is -0.403. The normalized spacial score (nSPS) is 14.6. The average molecular weight is 361 g/mol. The number of hydrogen-bond donors (Lipinski definition) is 3. The van der Waals surface area contributed by atoms with Gasteiger partial charge >= 0.3 is 0 Å². The van der Waals surface area contributed by atoms with Gasteiger partial charge in [-0.3, -0.25) is 4.79 Å². The number of amides is 1. The van der Waals surface area contributed by atoms with E-state index in [-0.39, 0.29) is 17.4 Å². The van der Waals surface area contributed by atoms with Gasteiger partial charge in [-0.15, -0.1) is 0 Å². The minimum Gasteiger partial charge on any atom is -0.506 e. The molecule has 138 valence electrons. The van der Waals surface area contributed by atoms with Crippen molar-refractivity contribution in [3.05, 3.63) is 70.9 Å². The van der Waals surface area contributed by atoms with E-state index in [1.165, 1.54) is 36.2 Å². The molecular weight excluding hydrogens is 338 g/mol. The molecule has 1 unspecified atom stereocenters. The van der Waals surface area contributed by atoms with Crippen LogP contribution < -0.4 is 10.6 Å². The first-order chi connectivity index (χ1) is 13.1. The zero-order valence-corrected chi connectivity index (χ0v) is 15.3. The van der Waals surface area contributed by atoms with Crippen LogP contribution in [-0.4, -0.2) is 11.0 Å². The van der Waals surface area contributed by atoms with Crippen LogP contribution in [0.4, 0.5) is 5.69 Å². The highest BCUT2D eigenvalue weighted by atomic mass is 16.3. The number of aromatic hydroxyl groups is 1. The summed E-state index contributed by atoms with van der Waals surface area (Å²) in [5.41, 5.74) is 4.17. The Bertz CT molecular complexity index is 912. The Balaban J connectivity index is 1.68. The maximum atomic E-state index is 12.4. The minimum atomic E-state index is -0.453. The lowest BCUT2D eigenvalue weighted by Gasteiger charge is -2.20. The maximum absolute atomic E-state index is 12.4. The molecule has 5 nitrogen and oxygen atoms in total.